The molecule has 0 N–H and O–H groups in total. The number of halogens is 2. The van der Waals surface area contributed by atoms with Crippen LogP contribution in [0.15, 0.2) is 25.3 Å². The summed E-state index contributed by atoms with van der Waals surface area (Å²) in [5.74, 6) is -0.628. The fraction of sp³-hybridized carbons (Fsp3) is 0.375. The fourth-order valence-corrected chi connectivity index (χ4v) is 0.684. The Balaban J connectivity index is -0.000000297. The molecule has 0 aromatic carbocycles. The number of hydrogen-bond donors (Lipinski definition) is 0. The zero-order chi connectivity index (χ0) is 18.7. The first-order chi connectivity index (χ1) is 10.8. The maximum atomic E-state index is 10.4. The van der Waals surface area contributed by atoms with Gasteiger partial charge in [0.2, 0.25) is 0 Å². The molecule has 0 aromatic heterocycles. The first-order valence-electron chi connectivity index (χ1n) is 6.62. The van der Waals surface area contributed by atoms with E-state index >= 15 is 0 Å². The molecule has 2 unspecified atom stereocenters. The van der Waals surface area contributed by atoms with E-state index in [4.69, 9.17) is 18.6 Å². The molecule has 7 heteroatoms. The Labute approximate surface area is 157 Å². The second-order valence-electron chi connectivity index (χ2n) is 4.05. The summed E-state index contributed by atoms with van der Waals surface area (Å²) in [6.45, 7) is 21.8. The Kier molecular flexibility index (Phi) is 26.0. The van der Waals surface area contributed by atoms with Gasteiger partial charge in [-0.15, -0.1) is 0 Å². The molecule has 0 saturated carbocycles. The molecule has 0 amide bonds. The summed E-state index contributed by atoms with van der Waals surface area (Å²) in [7, 11) is 9.78. The molecule has 23 heavy (non-hydrogen) atoms. The Hall–Kier alpha value is -0.286. The molecule has 0 rings (SSSR count). The quantitative estimate of drug-likeness (QED) is 0.266. The normalized spacial score (nSPS) is 11.6. The van der Waals surface area contributed by atoms with Gasteiger partial charge in [0.15, 0.2) is 0 Å². The molecule has 0 spiro atoms. The van der Waals surface area contributed by atoms with Crippen molar-refractivity contribution >= 4 is 30.5 Å². The van der Waals surface area contributed by atoms with E-state index in [1.165, 1.54) is 0 Å². The van der Waals surface area contributed by atoms with E-state index in [1.807, 2.05) is 0 Å². The number of hydrogen-bond acceptors (Lipinski definition) is 4. The van der Waals surface area contributed by atoms with Crippen molar-refractivity contribution in [3.63, 3.8) is 0 Å². The molecule has 0 aromatic rings. The Morgan fingerprint density at radius 3 is 1.39 bits per heavy atom. The third kappa shape index (κ3) is 26.9. The van der Waals surface area contributed by atoms with Crippen molar-refractivity contribution in [2.45, 2.75) is 12.8 Å². The van der Waals surface area contributed by atoms with E-state index in [0.29, 0.717) is 26.1 Å². The van der Waals surface area contributed by atoms with Crippen LogP contribution < -0.4 is 0 Å². The molecule has 0 radical (unpaired) electrons. The van der Waals surface area contributed by atoms with Gasteiger partial charge in [-0.2, -0.15) is 11.8 Å². The first-order valence-corrected chi connectivity index (χ1v) is 10.9. The van der Waals surface area contributed by atoms with Crippen LogP contribution in [-0.2, 0) is 36.1 Å². The minimum absolute atomic E-state index is 0.0869. The summed E-state index contributed by atoms with van der Waals surface area (Å²) in [5.41, 5.74) is 0. The Bertz CT molecular complexity index is 295. The van der Waals surface area contributed by atoms with Crippen molar-refractivity contribution in [3.05, 3.63) is 53.0 Å². The maximum absolute atomic E-state index is 10.4. The van der Waals surface area contributed by atoms with Crippen LogP contribution in [0.3, 0.4) is 0 Å². The van der Waals surface area contributed by atoms with E-state index in [0.717, 1.165) is 12.2 Å². The predicted octanol–water partition coefficient (Wildman–Crippen LogP) is 4.16. The molecule has 0 aliphatic rings. The van der Waals surface area contributed by atoms with E-state index in [-0.39, 0.29) is 11.8 Å². The molecular weight excluding hydrogens is 375 g/mol. The number of carbonyl (C=O) groups excluding carboxylic acids is 2. The minimum atomic E-state index is -0.556. The average molecular weight is 399 g/mol. The number of rotatable bonds is 8. The van der Waals surface area contributed by atoms with Crippen molar-refractivity contribution in [1.29, 1.82) is 0 Å². The van der Waals surface area contributed by atoms with Crippen LogP contribution in [0.25, 0.3) is 0 Å². The van der Waals surface area contributed by atoms with Crippen LogP contribution in [-0.4, -0.2) is 25.2 Å². The number of ether oxygens (including phenoxy) is 2. The van der Waals surface area contributed by atoms with E-state index in [1.54, 1.807) is 0 Å². The molecule has 0 bridgehead atoms. The van der Waals surface area contributed by atoms with Gasteiger partial charge in [-0.25, -0.2) is 22.4 Å². The second-order valence-corrected chi connectivity index (χ2v) is 6.63. The topological polar surface area (TPSA) is 52.6 Å². The van der Waals surface area contributed by atoms with Crippen LogP contribution in [0.2, 0.25) is 0 Å². The summed E-state index contributed by atoms with van der Waals surface area (Å²) < 4.78 is 9.37. The van der Waals surface area contributed by atoms with Crippen LogP contribution >= 0.6 is 18.6 Å². The van der Waals surface area contributed by atoms with Crippen molar-refractivity contribution in [2.75, 3.05) is 13.2 Å². The standard InChI is InChI=1S/2C8H12O2.2ClH.Ti/c2*1-4-7(3)6-10-8(9)5-2;;;/h2*5,7H,1-4,6H2;2*1H;/q2*-2;;;+6/p-2. The number of carbonyl (C=O) groups is 2. The molecule has 0 fully saturated rings. The first kappa shape index (κ1) is 27.6. The summed E-state index contributed by atoms with van der Waals surface area (Å²) in [4.78, 5) is 20.9. The van der Waals surface area contributed by atoms with E-state index < -0.39 is 29.0 Å². The van der Waals surface area contributed by atoms with Crippen molar-refractivity contribution in [3.8, 4) is 0 Å². The van der Waals surface area contributed by atoms with Crippen molar-refractivity contribution < 1.29 is 36.1 Å². The predicted molar refractivity (Wildman–Crippen MR) is 91.7 cm³/mol. The third-order valence-corrected chi connectivity index (χ3v) is 2.07. The zero-order valence-corrected chi connectivity index (χ0v) is 16.3. The Morgan fingerprint density at radius 2 is 1.22 bits per heavy atom. The van der Waals surface area contributed by atoms with E-state index in [2.05, 4.69) is 50.3 Å². The SMILES string of the molecule is C=CC(=O)OCC([CH2-])C[CH2-].C=CC(=O)OCC([CH2-])C[CH2-].[Cl][Ti+4][Cl]. The number of esters is 2. The molecular formula is C16H24Cl2O4Ti. The van der Waals surface area contributed by atoms with Gasteiger partial charge in [0.05, 0.1) is 13.2 Å². The fourth-order valence-electron chi connectivity index (χ4n) is 0.684. The molecule has 0 heterocycles. The van der Waals surface area contributed by atoms with Crippen LogP contribution in [0.1, 0.15) is 12.8 Å². The van der Waals surface area contributed by atoms with Crippen molar-refractivity contribution in [2.24, 2.45) is 11.8 Å². The summed E-state index contributed by atoms with van der Waals surface area (Å²) in [6, 6.07) is 0. The summed E-state index contributed by atoms with van der Waals surface area (Å²) >= 11 is -0.556. The van der Waals surface area contributed by atoms with Gasteiger partial charge in [-0.3, -0.25) is 0 Å². The molecule has 2 atom stereocenters. The van der Waals surface area contributed by atoms with Crippen molar-refractivity contribution in [1.82, 2.24) is 0 Å². The molecule has 0 aliphatic carbocycles. The van der Waals surface area contributed by atoms with Crippen LogP contribution in [0.5, 0.6) is 0 Å². The summed E-state index contributed by atoms with van der Waals surface area (Å²) in [5, 5.41) is 0. The van der Waals surface area contributed by atoms with Gasteiger partial charge in [0.1, 0.15) is 0 Å². The van der Waals surface area contributed by atoms with Gasteiger partial charge >= 0.3 is 47.6 Å². The summed E-state index contributed by atoms with van der Waals surface area (Å²) in [6.07, 6.45) is 3.61. The van der Waals surface area contributed by atoms with Gasteiger partial charge in [-0.05, 0) is 0 Å². The molecule has 130 valence electrons. The van der Waals surface area contributed by atoms with Gasteiger partial charge in [-0.1, -0.05) is 13.2 Å². The van der Waals surface area contributed by atoms with Gasteiger partial charge < -0.3 is 37.2 Å². The van der Waals surface area contributed by atoms with Crippen LogP contribution in [0.4, 0.5) is 0 Å². The molecule has 0 aliphatic heterocycles. The van der Waals surface area contributed by atoms with Gasteiger partial charge in [0, 0.05) is 12.2 Å². The monoisotopic (exact) mass is 398 g/mol. The van der Waals surface area contributed by atoms with E-state index in [9.17, 15) is 9.59 Å². The molecule has 4 nitrogen and oxygen atoms in total. The van der Waals surface area contributed by atoms with Crippen LogP contribution in [0, 0.1) is 39.5 Å². The second kappa shape index (κ2) is 21.7. The Morgan fingerprint density at radius 1 is 0.957 bits per heavy atom. The van der Waals surface area contributed by atoms with Gasteiger partial charge in [0.25, 0.3) is 0 Å². The average Bonchev–Trinajstić information content (AvgIpc) is 2.57. The third-order valence-electron chi connectivity index (χ3n) is 2.07. The molecule has 0 saturated heterocycles. The zero-order valence-electron chi connectivity index (χ0n) is 13.3.